The van der Waals surface area contributed by atoms with Gasteiger partial charge in [0.1, 0.15) is 0 Å². The molecule has 2 unspecified atom stereocenters. The molecule has 0 radical (unpaired) electrons. The average molecular weight is 226 g/mol. The number of nitrogens with zero attached hydrogens (tertiary/aromatic N) is 1. The molecule has 1 N–H and O–H groups in total. The fraction of sp³-hybridized carbons (Fsp3) is 0.923. The second kappa shape index (κ2) is 6.89. The molecule has 0 saturated carbocycles. The van der Waals surface area contributed by atoms with E-state index in [-0.39, 0.29) is 5.91 Å². The van der Waals surface area contributed by atoms with E-state index in [1.54, 1.807) is 6.92 Å². The Morgan fingerprint density at radius 1 is 1.50 bits per heavy atom. The average Bonchev–Trinajstić information content (AvgIpc) is 2.66. The van der Waals surface area contributed by atoms with E-state index in [1.165, 1.54) is 25.7 Å². The Bertz CT molecular complexity index is 218. The molecule has 0 aromatic heterocycles. The van der Waals surface area contributed by atoms with Gasteiger partial charge in [0.15, 0.2) is 0 Å². The molecule has 1 aliphatic heterocycles. The van der Waals surface area contributed by atoms with Gasteiger partial charge in [0, 0.05) is 32.1 Å². The van der Waals surface area contributed by atoms with Gasteiger partial charge in [0.2, 0.25) is 5.91 Å². The smallest absolute Gasteiger partial charge is 0.219 e. The van der Waals surface area contributed by atoms with E-state index in [0.29, 0.717) is 12.1 Å². The summed E-state index contributed by atoms with van der Waals surface area (Å²) in [7, 11) is 0. The highest BCUT2D eigenvalue weighted by molar-refractivity contribution is 5.73. The second-order valence-corrected chi connectivity index (χ2v) is 5.01. The van der Waals surface area contributed by atoms with Gasteiger partial charge in [0.25, 0.3) is 0 Å². The predicted molar refractivity (Wildman–Crippen MR) is 67.4 cm³/mol. The van der Waals surface area contributed by atoms with Crippen molar-refractivity contribution in [2.75, 3.05) is 13.1 Å². The van der Waals surface area contributed by atoms with Gasteiger partial charge in [-0.3, -0.25) is 4.79 Å². The summed E-state index contributed by atoms with van der Waals surface area (Å²) in [5.41, 5.74) is 0. The molecule has 3 heteroatoms. The maximum atomic E-state index is 11.2. The fourth-order valence-electron chi connectivity index (χ4n) is 2.37. The fourth-order valence-corrected chi connectivity index (χ4v) is 2.37. The van der Waals surface area contributed by atoms with Crippen molar-refractivity contribution in [1.29, 1.82) is 0 Å². The molecule has 2 atom stereocenters. The van der Waals surface area contributed by atoms with Gasteiger partial charge in [-0.2, -0.15) is 0 Å². The summed E-state index contributed by atoms with van der Waals surface area (Å²) >= 11 is 0. The maximum Gasteiger partial charge on any atom is 0.219 e. The van der Waals surface area contributed by atoms with Crippen molar-refractivity contribution in [3.8, 4) is 0 Å². The lowest BCUT2D eigenvalue weighted by atomic mass is 10.1. The molecule has 1 fully saturated rings. The lowest BCUT2D eigenvalue weighted by molar-refractivity contribution is -0.127. The Balaban J connectivity index is 2.15. The molecule has 1 amide bonds. The van der Waals surface area contributed by atoms with Crippen molar-refractivity contribution in [1.82, 2.24) is 10.2 Å². The summed E-state index contributed by atoms with van der Waals surface area (Å²) in [4.78, 5) is 13.1. The summed E-state index contributed by atoms with van der Waals surface area (Å²) in [6.45, 7) is 7.97. The zero-order valence-electron chi connectivity index (χ0n) is 11.0. The van der Waals surface area contributed by atoms with Crippen molar-refractivity contribution >= 4 is 5.91 Å². The van der Waals surface area contributed by atoms with Crippen LogP contribution in [0, 0.1) is 0 Å². The highest BCUT2D eigenvalue weighted by Crippen LogP contribution is 2.11. The van der Waals surface area contributed by atoms with E-state index in [2.05, 4.69) is 19.2 Å². The SMILES string of the molecule is CCCCCC(C)NC1CCN(C(C)=O)C1. The van der Waals surface area contributed by atoms with Crippen LogP contribution in [0.4, 0.5) is 0 Å². The van der Waals surface area contributed by atoms with Crippen LogP contribution >= 0.6 is 0 Å². The normalized spacial score (nSPS) is 22.4. The molecule has 0 aromatic rings. The Kier molecular flexibility index (Phi) is 5.81. The minimum absolute atomic E-state index is 0.211. The van der Waals surface area contributed by atoms with E-state index in [4.69, 9.17) is 0 Å². The number of likely N-dealkylation sites (tertiary alicyclic amines) is 1. The van der Waals surface area contributed by atoms with Crippen molar-refractivity contribution in [3.05, 3.63) is 0 Å². The van der Waals surface area contributed by atoms with Crippen LogP contribution in [0.25, 0.3) is 0 Å². The van der Waals surface area contributed by atoms with Crippen LogP contribution in [0.3, 0.4) is 0 Å². The lowest BCUT2D eigenvalue weighted by Crippen LogP contribution is -2.39. The Morgan fingerprint density at radius 3 is 2.81 bits per heavy atom. The van der Waals surface area contributed by atoms with E-state index in [9.17, 15) is 4.79 Å². The molecule has 3 nitrogen and oxygen atoms in total. The summed E-state index contributed by atoms with van der Waals surface area (Å²) in [6, 6.07) is 1.10. The molecular formula is C13H26N2O. The van der Waals surface area contributed by atoms with Gasteiger partial charge in [-0.25, -0.2) is 0 Å². The van der Waals surface area contributed by atoms with Gasteiger partial charge < -0.3 is 10.2 Å². The summed E-state index contributed by atoms with van der Waals surface area (Å²) in [5, 5.41) is 3.63. The highest BCUT2D eigenvalue weighted by Gasteiger charge is 2.24. The van der Waals surface area contributed by atoms with Gasteiger partial charge in [-0.15, -0.1) is 0 Å². The molecule has 1 rings (SSSR count). The van der Waals surface area contributed by atoms with Crippen molar-refractivity contribution in [2.24, 2.45) is 0 Å². The summed E-state index contributed by atoms with van der Waals surface area (Å²) < 4.78 is 0. The van der Waals surface area contributed by atoms with Crippen LogP contribution < -0.4 is 5.32 Å². The van der Waals surface area contributed by atoms with Crippen LogP contribution in [-0.4, -0.2) is 36.0 Å². The van der Waals surface area contributed by atoms with Gasteiger partial charge >= 0.3 is 0 Å². The molecular weight excluding hydrogens is 200 g/mol. The van der Waals surface area contributed by atoms with E-state index in [0.717, 1.165) is 19.5 Å². The monoisotopic (exact) mass is 226 g/mol. The Morgan fingerprint density at radius 2 is 2.25 bits per heavy atom. The van der Waals surface area contributed by atoms with Crippen LogP contribution in [0.5, 0.6) is 0 Å². The second-order valence-electron chi connectivity index (χ2n) is 5.01. The predicted octanol–water partition coefficient (Wildman–Crippen LogP) is 2.17. The largest absolute Gasteiger partial charge is 0.341 e. The number of carbonyl (C=O) groups is 1. The first-order valence-corrected chi connectivity index (χ1v) is 6.65. The number of unbranched alkanes of at least 4 members (excludes halogenated alkanes) is 2. The van der Waals surface area contributed by atoms with Crippen LogP contribution in [0.2, 0.25) is 0 Å². The van der Waals surface area contributed by atoms with E-state index >= 15 is 0 Å². The number of amides is 1. The molecule has 0 spiro atoms. The molecule has 1 heterocycles. The first-order valence-electron chi connectivity index (χ1n) is 6.65. The first kappa shape index (κ1) is 13.5. The minimum Gasteiger partial charge on any atom is -0.341 e. The topological polar surface area (TPSA) is 32.3 Å². The van der Waals surface area contributed by atoms with Gasteiger partial charge in [0.05, 0.1) is 0 Å². The van der Waals surface area contributed by atoms with Crippen LogP contribution in [0.1, 0.15) is 52.9 Å². The number of carbonyl (C=O) groups excluding carboxylic acids is 1. The highest BCUT2D eigenvalue weighted by atomic mass is 16.2. The number of rotatable bonds is 6. The van der Waals surface area contributed by atoms with Crippen molar-refractivity contribution in [3.63, 3.8) is 0 Å². The summed E-state index contributed by atoms with van der Waals surface area (Å²) in [6.07, 6.45) is 6.29. The summed E-state index contributed by atoms with van der Waals surface area (Å²) in [5.74, 6) is 0.211. The molecule has 94 valence electrons. The third kappa shape index (κ3) is 4.52. The van der Waals surface area contributed by atoms with E-state index < -0.39 is 0 Å². The quantitative estimate of drug-likeness (QED) is 0.704. The third-order valence-electron chi connectivity index (χ3n) is 3.39. The zero-order valence-corrected chi connectivity index (χ0v) is 11.0. The maximum absolute atomic E-state index is 11.2. The molecule has 1 saturated heterocycles. The lowest BCUT2D eigenvalue weighted by Gasteiger charge is -2.20. The van der Waals surface area contributed by atoms with Crippen LogP contribution in [0.15, 0.2) is 0 Å². The number of hydrogen-bond acceptors (Lipinski definition) is 2. The third-order valence-corrected chi connectivity index (χ3v) is 3.39. The molecule has 16 heavy (non-hydrogen) atoms. The molecule has 0 bridgehead atoms. The Labute approximate surface area is 99.6 Å². The molecule has 0 aliphatic carbocycles. The Hall–Kier alpha value is -0.570. The van der Waals surface area contributed by atoms with Crippen LogP contribution in [-0.2, 0) is 4.79 Å². The zero-order chi connectivity index (χ0) is 12.0. The number of nitrogens with one attached hydrogen (secondary N) is 1. The van der Waals surface area contributed by atoms with E-state index in [1.807, 2.05) is 4.90 Å². The standard InChI is InChI=1S/C13H26N2O/c1-4-5-6-7-11(2)14-13-8-9-15(10-13)12(3)16/h11,13-14H,4-10H2,1-3H3. The molecule has 1 aliphatic rings. The molecule has 0 aromatic carbocycles. The first-order chi connectivity index (χ1) is 7.63. The minimum atomic E-state index is 0.211. The van der Waals surface area contributed by atoms with Gasteiger partial charge in [-0.05, 0) is 19.8 Å². The van der Waals surface area contributed by atoms with Crippen molar-refractivity contribution in [2.45, 2.75) is 65.0 Å². The number of hydrogen-bond donors (Lipinski definition) is 1. The van der Waals surface area contributed by atoms with Crippen molar-refractivity contribution < 1.29 is 4.79 Å². The van der Waals surface area contributed by atoms with Gasteiger partial charge in [-0.1, -0.05) is 26.2 Å².